The standard InChI is InChI=1S/C17H13BrF2O3/c1-22-16-9-5-13(18)10-12(16)4-8-15(21)11-2-6-14(7-3-11)23-17(19)20/h2-10,17H,1H3. The highest BCUT2D eigenvalue weighted by Gasteiger charge is 2.07. The summed E-state index contributed by atoms with van der Waals surface area (Å²) in [5.41, 5.74) is 1.12. The minimum absolute atomic E-state index is 0.00851. The maximum Gasteiger partial charge on any atom is 0.387 e. The molecule has 0 N–H and O–H groups in total. The van der Waals surface area contributed by atoms with Crippen molar-refractivity contribution < 1.29 is 23.0 Å². The molecule has 23 heavy (non-hydrogen) atoms. The van der Waals surface area contributed by atoms with Crippen molar-refractivity contribution in [1.29, 1.82) is 0 Å². The normalized spacial score (nSPS) is 11.0. The highest BCUT2D eigenvalue weighted by Crippen LogP contribution is 2.24. The first-order chi connectivity index (χ1) is 11.0. The van der Waals surface area contributed by atoms with Gasteiger partial charge in [0.15, 0.2) is 5.78 Å². The monoisotopic (exact) mass is 382 g/mol. The van der Waals surface area contributed by atoms with Crippen LogP contribution in [0.15, 0.2) is 53.0 Å². The van der Waals surface area contributed by atoms with Crippen LogP contribution in [0.25, 0.3) is 6.08 Å². The number of hydrogen-bond donors (Lipinski definition) is 0. The van der Waals surface area contributed by atoms with Gasteiger partial charge in [-0.2, -0.15) is 8.78 Å². The van der Waals surface area contributed by atoms with Gasteiger partial charge in [0.25, 0.3) is 0 Å². The van der Waals surface area contributed by atoms with Gasteiger partial charge in [-0.15, -0.1) is 0 Å². The largest absolute Gasteiger partial charge is 0.496 e. The maximum absolute atomic E-state index is 12.1. The fourth-order valence-corrected chi connectivity index (χ4v) is 2.28. The number of methoxy groups -OCH3 is 1. The number of ether oxygens (including phenoxy) is 2. The van der Waals surface area contributed by atoms with Crippen LogP contribution in [0.5, 0.6) is 11.5 Å². The van der Waals surface area contributed by atoms with E-state index in [0.717, 1.165) is 10.0 Å². The lowest BCUT2D eigenvalue weighted by atomic mass is 10.1. The Morgan fingerprint density at radius 3 is 2.48 bits per heavy atom. The lowest BCUT2D eigenvalue weighted by Crippen LogP contribution is -2.02. The summed E-state index contributed by atoms with van der Waals surface area (Å²) in [5.74, 6) is 0.391. The Kier molecular flexibility index (Phi) is 5.87. The molecule has 0 atom stereocenters. The van der Waals surface area contributed by atoms with E-state index < -0.39 is 6.61 Å². The number of carbonyl (C=O) groups is 1. The average Bonchev–Trinajstić information content (AvgIpc) is 2.53. The molecule has 0 amide bonds. The van der Waals surface area contributed by atoms with Gasteiger partial charge in [0, 0.05) is 15.6 Å². The molecule has 2 aromatic carbocycles. The van der Waals surface area contributed by atoms with Gasteiger partial charge in [-0.3, -0.25) is 4.79 Å². The Morgan fingerprint density at radius 1 is 1.17 bits per heavy atom. The van der Waals surface area contributed by atoms with Crippen molar-refractivity contribution in [3.05, 3.63) is 64.1 Å². The number of allylic oxidation sites excluding steroid dienone is 1. The molecule has 0 aliphatic rings. The van der Waals surface area contributed by atoms with Crippen molar-refractivity contribution in [2.24, 2.45) is 0 Å². The molecule has 6 heteroatoms. The summed E-state index contributed by atoms with van der Waals surface area (Å²) in [6.07, 6.45) is 3.03. The quantitative estimate of drug-likeness (QED) is 0.523. The van der Waals surface area contributed by atoms with Crippen molar-refractivity contribution in [3.63, 3.8) is 0 Å². The topological polar surface area (TPSA) is 35.5 Å². The second-order valence-electron chi connectivity index (χ2n) is 4.49. The molecule has 0 bridgehead atoms. The minimum atomic E-state index is -2.89. The first-order valence-corrected chi connectivity index (χ1v) is 7.39. The Morgan fingerprint density at radius 2 is 1.87 bits per heavy atom. The summed E-state index contributed by atoms with van der Waals surface area (Å²) in [4.78, 5) is 12.1. The molecular formula is C17H13BrF2O3. The van der Waals surface area contributed by atoms with Crippen LogP contribution in [-0.2, 0) is 0 Å². The van der Waals surface area contributed by atoms with E-state index in [-0.39, 0.29) is 11.5 Å². The molecular weight excluding hydrogens is 370 g/mol. The second kappa shape index (κ2) is 7.87. The number of rotatable bonds is 6. The van der Waals surface area contributed by atoms with Crippen LogP contribution in [0, 0.1) is 0 Å². The highest BCUT2D eigenvalue weighted by atomic mass is 79.9. The summed E-state index contributed by atoms with van der Waals surface area (Å²) in [6.45, 7) is -2.89. The van der Waals surface area contributed by atoms with Crippen molar-refractivity contribution in [2.75, 3.05) is 7.11 Å². The van der Waals surface area contributed by atoms with Crippen molar-refractivity contribution in [1.82, 2.24) is 0 Å². The summed E-state index contributed by atoms with van der Waals surface area (Å²) >= 11 is 3.36. The van der Waals surface area contributed by atoms with E-state index in [0.29, 0.717) is 11.3 Å². The average molecular weight is 383 g/mol. The Bertz CT molecular complexity index is 712. The van der Waals surface area contributed by atoms with Crippen LogP contribution in [0.1, 0.15) is 15.9 Å². The van der Waals surface area contributed by atoms with E-state index in [9.17, 15) is 13.6 Å². The van der Waals surface area contributed by atoms with E-state index in [2.05, 4.69) is 20.7 Å². The van der Waals surface area contributed by atoms with Crippen LogP contribution in [0.3, 0.4) is 0 Å². The van der Waals surface area contributed by atoms with Gasteiger partial charge in [-0.05, 0) is 54.6 Å². The van der Waals surface area contributed by atoms with Gasteiger partial charge >= 0.3 is 6.61 Å². The minimum Gasteiger partial charge on any atom is -0.496 e. The molecule has 0 fully saturated rings. The predicted molar refractivity (Wildman–Crippen MR) is 87.1 cm³/mol. The van der Waals surface area contributed by atoms with Crippen LogP contribution in [0.4, 0.5) is 8.78 Å². The molecule has 0 aromatic heterocycles. The number of carbonyl (C=O) groups excluding carboxylic acids is 1. The molecule has 0 saturated heterocycles. The van der Waals surface area contributed by atoms with E-state index >= 15 is 0 Å². The molecule has 120 valence electrons. The molecule has 0 aliphatic heterocycles. The molecule has 0 unspecified atom stereocenters. The molecule has 0 radical (unpaired) electrons. The molecule has 0 aliphatic carbocycles. The van der Waals surface area contributed by atoms with E-state index in [1.165, 1.54) is 30.3 Å². The summed E-state index contributed by atoms with van der Waals surface area (Å²) < 4.78 is 34.5. The lowest BCUT2D eigenvalue weighted by Gasteiger charge is -2.05. The molecule has 0 saturated carbocycles. The fourth-order valence-electron chi connectivity index (χ4n) is 1.90. The van der Waals surface area contributed by atoms with Crippen LogP contribution >= 0.6 is 15.9 Å². The van der Waals surface area contributed by atoms with Gasteiger partial charge in [0.1, 0.15) is 11.5 Å². The number of alkyl halides is 2. The smallest absolute Gasteiger partial charge is 0.387 e. The van der Waals surface area contributed by atoms with Crippen LogP contribution < -0.4 is 9.47 Å². The fraction of sp³-hybridized carbons (Fsp3) is 0.118. The molecule has 2 aromatic rings. The second-order valence-corrected chi connectivity index (χ2v) is 5.40. The van der Waals surface area contributed by atoms with Crippen LogP contribution in [0.2, 0.25) is 0 Å². The summed E-state index contributed by atoms with van der Waals surface area (Å²) in [6, 6.07) is 11.0. The third-order valence-electron chi connectivity index (χ3n) is 2.97. The molecule has 0 heterocycles. The molecule has 2 rings (SSSR count). The first kappa shape index (κ1) is 17.1. The van der Waals surface area contributed by atoms with Crippen molar-refractivity contribution >= 4 is 27.8 Å². The maximum atomic E-state index is 12.1. The van der Waals surface area contributed by atoms with E-state index in [1.807, 2.05) is 12.1 Å². The predicted octanol–water partition coefficient (Wildman–Crippen LogP) is 4.96. The molecule has 3 nitrogen and oxygen atoms in total. The first-order valence-electron chi connectivity index (χ1n) is 6.60. The summed E-state index contributed by atoms with van der Waals surface area (Å²) in [5, 5.41) is 0. The highest BCUT2D eigenvalue weighted by molar-refractivity contribution is 9.10. The van der Waals surface area contributed by atoms with E-state index in [1.54, 1.807) is 19.3 Å². The van der Waals surface area contributed by atoms with E-state index in [4.69, 9.17) is 4.74 Å². The Labute approximate surface area is 140 Å². The van der Waals surface area contributed by atoms with Crippen molar-refractivity contribution in [2.45, 2.75) is 6.61 Å². The number of hydrogen-bond acceptors (Lipinski definition) is 3. The van der Waals surface area contributed by atoms with Gasteiger partial charge in [0.2, 0.25) is 0 Å². The zero-order chi connectivity index (χ0) is 16.8. The third kappa shape index (κ3) is 4.89. The summed E-state index contributed by atoms with van der Waals surface area (Å²) in [7, 11) is 1.55. The van der Waals surface area contributed by atoms with Gasteiger partial charge in [0.05, 0.1) is 7.11 Å². The Balaban J connectivity index is 2.14. The van der Waals surface area contributed by atoms with Gasteiger partial charge in [-0.1, -0.05) is 15.9 Å². The number of halogens is 3. The SMILES string of the molecule is COc1ccc(Br)cc1C=CC(=O)c1ccc(OC(F)F)cc1. The van der Waals surface area contributed by atoms with Gasteiger partial charge in [-0.25, -0.2) is 0 Å². The van der Waals surface area contributed by atoms with Crippen molar-refractivity contribution in [3.8, 4) is 11.5 Å². The van der Waals surface area contributed by atoms with Crippen LogP contribution in [-0.4, -0.2) is 19.5 Å². The number of benzene rings is 2. The third-order valence-corrected chi connectivity index (χ3v) is 3.46. The number of ketones is 1. The lowest BCUT2D eigenvalue weighted by molar-refractivity contribution is -0.0498. The zero-order valence-corrected chi connectivity index (χ0v) is 13.7. The zero-order valence-electron chi connectivity index (χ0n) is 12.1. The Hall–Kier alpha value is -2.21. The van der Waals surface area contributed by atoms with Gasteiger partial charge < -0.3 is 9.47 Å². The molecule has 0 spiro atoms.